The van der Waals surface area contributed by atoms with Gasteiger partial charge in [0.1, 0.15) is 18.0 Å². The van der Waals surface area contributed by atoms with Gasteiger partial charge in [0.05, 0.1) is 5.57 Å². The second-order valence-electron chi connectivity index (χ2n) is 8.80. The van der Waals surface area contributed by atoms with Crippen molar-refractivity contribution in [3.63, 3.8) is 0 Å². The molecule has 1 fully saturated rings. The van der Waals surface area contributed by atoms with Crippen LogP contribution in [0.25, 0.3) is 0 Å². The highest BCUT2D eigenvalue weighted by atomic mass is 35.5. The molecule has 1 aliphatic carbocycles. The molecule has 0 spiro atoms. The minimum atomic E-state index is -0.786. The highest BCUT2D eigenvalue weighted by Gasteiger charge is 2.37. The van der Waals surface area contributed by atoms with E-state index in [1.54, 1.807) is 29.8 Å². The van der Waals surface area contributed by atoms with Crippen molar-refractivity contribution in [3.8, 4) is 0 Å². The number of thioether (sulfide) groups is 1. The Labute approximate surface area is 212 Å². The molecule has 5 rings (SSSR count). The van der Waals surface area contributed by atoms with E-state index in [0.29, 0.717) is 38.7 Å². The van der Waals surface area contributed by atoms with Gasteiger partial charge < -0.3 is 10.1 Å². The van der Waals surface area contributed by atoms with Crippen molar-refractivity contribution in [3.05, 3.63) is 81.8 Å². The van der Waals surface area contributed by atoms with Crippen LogP contribution in [-0.2, 0) is 15.3 Å². The van der Waals surface area contributed by atoms with Crippen molar-refractivity contribution in [1.29, 1.82) is 0 Å². The van der Waals surface area contributed by atoms with Gasteiger partial charge in [-0.15, -0.1) is 5.10 Å². The molecular weight excluding hydrogens is 487 g/mol. The number of hydrogen-bond donors (Lipinski definition) is 1. The van der Waals surface area contributed by atoms with E-state index in [4.69, 9.17) is 16.3 Å². The number of ether oxygens (including phenoxy) is 1. The summed E-state index contributed by atoms with van der Waals surface area (Å²) >= 11 is 7.72. The molecule has 2 aliphatic rings. The molecule has 6 nitrogen and oxygen atoms in total. The number of aromatic nitrogens is 3. The molecule has 0 radical (unpaired) electrons. The van der Waals surface area contributed by atoms with Crippen LogP contribution >= 0.6 is 23.4 Å². The maximum absolute atomic E-state index is 15.0. The normalized spacial score (nSPS) is 18.2. The zero-order valence-electron chi connectivity index (χ0n) is 19.3. The third kappa shape index (κ3) is 5.09. The summed E-state index contributed by atoms with van der Waals surface area (Å²) in [4.78, 5) is 18.0. The fraction of sp³-hybridized carbons (Fsp3) is 0.346. The summed E-state index contributed by atoms with van der Waals surface area (Å²) < 4.78 is 22.5. The number of rotatable bonds is 6. The number of fused-ring (bicyclic) bond motifs is 1. The summed E-state index contributed by atoms with van der Waals surface area (Å²) in [6.07, 6.45) is 4.85. The lowest BCUT2D eigenvalue weighted by molar-refractivity contribution is -0.146. The predicted molar refractivity (Wildman–Crippen MR) is 135 cm³/mol. The van der Waals surface area contributed by atoms with Crippen LogP contribution < -0.4 is 5.32 Å². The number of nitrogens with one attached hydrogen (secondary N) is 1. The van der Waals surface area contributed by atoms with Crippen LogP contribution in [0.3, 0.4) is 0 Å². The first-order valence-corrected chi connectivity index (χ1v) is 13.1. The van der Waals surface area contributed by atoms with Crippen molar-refractivity contribution in [2.75, 3.05) is 5.32 Å². The molecule has 1 aliphatic heterocycles. The highest BCUT2D eigenvalue weighted by Crippen LogP contribution is 2.38. The van der Waals surface area contributed by atoms with Gasteiger partial charge in [0.15, 0.2) is 0 Å². The maximum atomic E-state index is 15.0. The number of carbonyl (C=O) groups excluding carboxylic acids is 1. The molecule has 1 N–H and O–H groups in total. The third-order valence-electron chi connectivity index (χ3n) is 6.39. The summed E-state index contributed by atoms with van der Waals surface area (Å²) in [6.45, 7) is 1.79. The summed E-state index contributed by atoms with van der Waals surface area (Å²) in [5.41, 5.74) is 2.25. The van der Waals surface area contributed by atoms with E-state index in [1.807, 2.05) is 24.3 Å². The zero-order chi connectivity index (χ0) is 24.4. The molecule has 2 aromatic carbocycles. The molecule has 0 bridgehead atoms. The molecule has 2 heterocycles. The lowest BCUT2D eigenvalue weighted by Crippen LogP contribution is -2.32. The highest BCUT2D eigenvalue weighted by molar-refractivity contribution is 7.98. The van der Waals surface area contributed by atoms with E-state index in [2.05, 4.69) is 15.4 Å². The van der Waals surface area contributed by atoms with E-state index < -0.39 is 17.8 Å². The van der Waals surface area contributed by atoms with Gasteiger partial charge in [0.2, 0.25) is 11.1 Å². The minimum Gasteiger partial charge on any atom is -0.459 e. The summed E-state index contributed by atoms with van der Waals surface area (Å²) in [6, 6.07) is 13.3. The van der Waals surface area contributed by atoms with Crippen molar-refractivity contribution in [2.45, 2.75) is 62.1 Å². The average Bonchev–Trinajstić information content (AvgIpc) is 3.26. The summed E-state index contributed by atoms with van der Waals surface area (Å²) in [5, 5.41) is 9.03. The Balaban J connectivity index is 1.47. The first kappa shape index (κ1) is 23.9. The second-order valence-corrected chi connectivity index (χ2v) is 10.1. The fourth-order valence-electron chi connectivity index (χ4n) is 4.60. The quantitative estimate of drug-likeness (QED) is 0.299. The molecule has 35 heavy (non-hydrogen) atoms. The predicted octanol–water partition coefficient (Wildman–Crippen LogP) is 6.53. The van der Waals surface area contributed by atoms with Gasteiger partial charge in [0.25, 0.3) is 0 Å². The largest absolute Gasteiger partial charge is 0.459 e. The van der Waals surface area contributed by atoms with Gasteiger partial charge >= 0.3 is 5.97 Å². The summed E-state index contributed by atoms with van der Waals surface area (Å²) in [7, 11) is 0. The van der Waals surface area contributed by atoms with Crippen molar-refractivity contribution >= 4 is 35.3 Å². The van der Waals surface area contributed by atoms with E-state index in [0.717, 1.165) is 37.7 Å². The monoisotopic (exact) mass is 512 g/mol. The van der Waals surface area contributed by atoms with Gasteiger partial charge in [-0.2, -0.15) is 4.98 Å². The fourth-order valence-corrected chi connectivity index (χ4v) is 5.71. The Morgan fingerprint density at radius 3 is 2.69 bits per heavy atom. The Morgan fingerprint density at radius 1 is 1.17 bits per heavy atom. The Bertz CT molecular complexity index is 1270. The number of halogens is 2. The van der Waals surface area contributed by atoms with E-state index in [9.17, 15) is 4.79 Å². The molecular formula is C26H26ClFN4O2S. The maximum Gasteiger partial charge on any atom is 0.338 e. The lowest BCUT2D eigenvalue weighted by Gasteiger charge is -2.30. The van der Waals surface area contributed by atoms with Crippen LogP contribution in [0.4, 0.5) is 10.3 Å². The van der Waals surface area contributed by atoms with E-state index in [-0.39, 0.29) is 6.10 Å². The number of anilines is 1. The Morgan fingerprint density at radius 2 is 1.91 bits per heavy atom. The molecule has 1 saturated carbocycles. The van der Waals surface area contributed by atoms with Gasteiger partial charge in [-0.25, -0.2) is 13.9 Å². The number of carbonyl (C=O) groups is 1. The van der Waals surface area contributed by atoms with Crippen LogP contribution in [0.2, 0.25) is 5.02 Å². The average molecular weight is 513 g/mol. The number of allylic oxidation sites excluding steroid dienone is 1. The van der Waals surface area contributed by atoms with Crippen LogP contribution in [0.5, 0.6) is 0 Å². The topological polar surface area (TPSA) is 69.0 Å². The summed E-state index contributed by atoms with van der Waals surface area (Å²) in [5.74, 6) is 0.173. The standard InChI is InChI=1S/C26H26ClFN4O2S/c1-16-22(24(33)34-18-10-3-2-4-11-18)23(19-12-6-8-14-21(19)28)32-25(29-16)30-26(31-32)35-15-17-9-5-7-13-20(17)27/h5-9,12-14,18,23H,2-4,10-11,15H2,1H3,(H,29,30,31). The lowest BCUT2D eigenvalue weighted by atomic mass is 9.94. The molecule has 3 aromatic rings. The van der Waals surface area contributed by atoms with E-state index in [1.165, 1.54) is 17.8 Å². The molecule has 0 amide bonds. The van der Waals surface area contributed by atoms with Crippen molar-refractivity contribution < 1.29 is 13.9 Å². The van der Waals surface area contributed by atoms with Crippen LogP contribution in [-0.4, -0.2) is 26.8 Å². The third-order valence-corrected chi connectivity index (χ3v) is 7.65. The second kappa shape index (κ2) is 10.4. The zero-order valence-corrected chi connectivity index (χ0v) is 20.9. The molecule has 0 saturated heterocycles. The van der Waals surface area contributed by atoms with Crippen molar-refractivity contribution in [1.82, 2.24) is 14.8 Å². The number of hydrogen-bond acceptors (Lipinski definition) is 6. The first-order valence-electron chi connectivity index (χ1n) is 11.8. The number of benzene rings is 2. The Hall–Kier alpha value is -2.84. The van der Waals surface area contributed by atoms with Gasteiger partial charge in [0, 0.05) is 22.0 Å². The van der Waals surface area contributed by atoms with E-state index >= 15 is 4.39 Å². The molecule has 1 atom stereocenters. The minimum absolute atomic E-state index is 0.114. The van der Waals surface area contributed by atoms with Crippen LogP contribution in [0, 0.1) is 5.82 Å². The molecule has 9 heteroatoms. The number of nitrogens with zero attached hydrogens (tertiary/aromatic N) is 3. The molecule has 1 unspecified atom stereocenters. The first-order chi connectivity index (χ1) is 17.0. The Kier molecular flexibility index (Phi) is 7.11. The molecule has 182 valence electrons. The van der Waals surface area contributed by atoms with Gasteiger partial charge in [-0.05, 0) is 50.3 Å². The SMILES string of the molecule is CC1=C(C(=O)OC2CCCCC2)C(c2ccccc2F)n2nc(SCc3ccccc3Cl)nc2N1. The van der Waals surface area contributed by atoms with Crippen LogP contribution in [0.15, 0.2) is 65.0 Å². The smallest absolute Gasteiger partial charge is 0.338 e. The number of esters is 1. The van der Waals surface area contributed by atoms with Crippen LogP contribution in [0.1, 0.15) is 56.2 Å². The molecule has 1 aromatic heterocycles. The van der Waals surface area contributed by atoms with Gasteiger partial charge in [-0.3, -0.25) is 0 Å². The van der Waals surface area contributed by atoms with Crippen molar-refractivity contribution in [2.24, 2.45) is 0 Å². The van der Waals surface area contributed by atoms with Gasteiger partial charge in [-0.1, -0.05) is 66.2 Å².